The Morgan fingerprint density at radius 3 is 2.13 bits per heavy atom. The van der Waals surface area contributed by atoms with Crippen LogP contribution in [0.15, 0.2) is 72.8 Å². The van der Waals surface area contributed by atoms with Gasteiger partial charge in [-0.2, -0.15) is 0 Å². The molecule has 0 spiro atoms. The number of aliphatic hydroxyl groups is 1. The van der Waals surface area contributed by atoms with E-state index in [0.29, 0.717) is 12.0 Å². The van der Waals surface area contributed by atoms with Crippen molar-refractivity contribution in [2.24, 2.45) is 5.73 Å². The van der Waals surface area contributed by atoms with E-state index in [9.17, 15) is 28.3 Å². The second-order valence-electron chi connectivity index (χ2n) is 12.0. The lowest BCUT2D eigenvalue weighted by molar-refractivity contribution is -0.146. The number of benzene rings is 3. The van der Waals surface area contributed by atoms with E-state index in [2.05, 4.69) is 5.32 Å². The number of nitrogens with zero attached hydrogens (tertiary/aromatic N) is 2. The predicted octanol–water partition coefficient (Wildman–Crippen LogP) is 4.52. The molecular formula is C36H46F2N4O4. The first kappa shape index (κ1) is 36.3. The maximum absolute atomic E-state index is 14.3. The minimum absolute atomic E-state index is 0.0724. The fourth-order valence-electron chi connectivity index (χ4n) is 5.23. The molecule has 0 saturated carbocycles. The summed E-state index contributed by atoms with van der Waals surface area (Å²) in [5.41, 5.74) is 7.07. The standard InChI is InChI=1S/C36H46F2N4O4/c1-6-36(39,7-2)18-10-13-33(44)41(4)32(22-25-14-16-27-11-8-9-12-28(27)19-25)35(46)42(5)31(34(45)40-23-24(3)43)21-26-15-17-29(37)30(38)20-26/h8-17,19-20,24,31-32,43H,6-7,18,21-23,39H2,1-5H3,(H,40,45)/b13-10+/t24-,31-,32-/m1/s1. The molecule has 46 heavy (non-hydrogen) atoms. The molecule has 3 aromatic carbocycles. The molecule has 0 fully saturated rings. The van der Waals surface area contributed by atoms with Crippen molar-refractivity contribution in [3.05, 3.63) is 95.6 Å². The number of halogens is 2. The average Bonchev–Trinajstić information content (AvgIpc) is 3.05. The molecule has 0 aliphatic carbocycles. The van der Waals surface area contributed by atoms with Gasteiger partial charge in [0.15, 0.2) is 11.6 Å². The lowest BCUT2D eigenvalue weighted by atomic mass is 9.90. The number of carbonyl (C=O) groups excluding carboxylic acids is 3. The van der Waals surface area contributed by atoms with Crippen LogP contribution in [-0.2, 0) is 27.2 Å². The van der Waals surface area contributed by atoms with Gasteiger partial charge in [-0.05, 0) is 66.3 Å². The number of rotatable bonds is 15. The van der Waals surface area contributed by atoms with Gasteiger partial charge < -0.3 is 26.0 Å². The topological polar surface area (TPSA) is 116 Å². The summed E-state index contributed by atoms with van der Waals surface area (Å²) < 4.78 is 27.8. The SMILES string of the molecule is CCC(N)(CC)C/C=C/C(=O)N(C)[C@H](Cc1ccc2ccccc2c1)C(=O)N(C)[C@H](Cc1ccc(F)c(F)c1)C(=O)NC[C@@H](C)O. The summed E-state index contributed by atoms with van der Waals surface area (Å²) in [7, 11) is 2.99. The first-order chi connectivity index (χ1) is 21.8. The van der Waals surface area contributed by atoms with E-state index in [1.54, 1.807) is 6.08 Å². The molecule has 3 rings (SSSR count). The van der Waals surface area contributed by atoms with Gasteiger partial charge in [0.2, 0.25) is 17.7 Å². The summed E-state index contributed by atoms with van der Waals surface area (Å²) in [6, 6.07) is 14.7. The third-order valence-electron chi connectivity index (χ3n) is 8.64. The molecule has 0 radical (unpaired) electrons. The highest BCUT2D eigenvalue weighted by atomic mass is 19.2. The molecule has 8 nitrogen and oxygen atoms in total. The third-order valence-corrected chi connectivity index (χ3v) is 8.64. The number of amides is 3. The van der Waals surface area contributed by atoms with Crippen molar-refractivity contribution in [1.29, 1.82) is 0 Å². The molecule has 0 aromatic heterocycles. The van der Waals surface area contributed by atoms with Gasteiger partial charge in [0.1, 0.15) is 12.1 Å². The Kier molecular flexibility index (Phi) is 13.0. The van der Waals surface area contributed by atoms with Gasteiger partial charge in [0.05, 0.1) is 6.10 Å². The first-order valence-electron chi connectivity index (χ1n) is 15.6. The van der Waals surface area contributed by atoms with Gasteiger partial charge in [-0.1, -0.05) is 68.5 Å². The lowest BCUT2D eigenvalue weighted by Crippen LogP contribution is -2.56. The fraction of sp³-hybridized carbons (Fsp3) is 0.417. The average molecular weight is 637 g/mol. The molecule has 3 aromatic rings. The molecule has 3 amide bonds. The van der Waals surface area contributed by atoms with Crippen molar-refractivity contribution in [1.82, 2.24) is 15.1 Å². The Bertz CT molecular complexity index is 1540. The molecule has 0 unspecified atom stereocenters. The number of carbonyl (C=O) groups is 3. The Balaban J connectivity index is 1.98. The number of nitrogens with two attached hydrogens (primary N) is 1. The molecule has 0 bridgehead atoms. The van der Waals surface area contributed by atoms with E-state index in [-0.39, 0.29) is 19.4 Å². The Morgan fingerprint density at radius 1 is 0.891 bits per heavy atom. The van der Waals surface area contributed by atoms with E-state index in [1.807, 2.05) is 56.3 Å². The van der Waals surface area contributed by atoms with Crippen LogP contribution in [0.2, 0.25) is 0 Å². The minimum atomic E-state index is -1.15. The number of hydrogen-bond donors (Lipinski definition) is 3. The quantitative estimate of drug-likeness (QED) is 0.212. The van der Waals surface area contributed by atoms with Crippen LogP contribution in [0.5, 0.6) is 0 Å². The van der Waals surface area contributed by atoms with E-state index < -0.39 is 53.1 Å². The van der Waals surface area contributed by atoms with E-state index >= 15 is 0 Å². The van der Waals surface area contributed by atoms with Crippen LogP contribution in [0, 0.1) is 11.6 Å². The van der Waals surface area contributed by atoms with Crippen LogP contribution < -0.4 is 11.1 Å². The zero-order valence-electron chi connectivity index (χ0n) is 27.3. The molecule has 248 valence electrons. The Labute approximate surface area is 270 Å². The van der Waals surface area contributed by atoms with Gasteiger partial charge in [-0.25, -0.2) is 8.78 Å². The van der Waals surface area contributed by atoms with Crippen LogP contribution in [0.1, 0.15) is 51.2 Å². The summed E-state index contributed by atoms with van der Waals surface area (Å²) in [4.78, 5) is 43.7. The Hall–Kier alpha value is -4.15. The van der Waals surface area contributed by atoms with Crippen LogP contribution >= 0.6 is 0 Å². The molecular weight excluding hydrogens is 590 g/mol. The van der Waals surface area contributed by atoms with Gasteiger partial charge >= 0.3 is 0 Å². The molecule has 0 heterocycles. The fourth-order valence-corrected chi connectivity index (χ4v) is 5.23. The van der Waals surface area contributed by atoms with Gasteiger partial charge in [-0.3, -0.25) is 14.4 Å². The van der Waals surface area contributed by atoms with Gasteiger partial charge in [0, 0.05) is 39.0 Å². The number of likely N-dealkylation sites (N-methyl/N-ethyl adjacent to an activating group) is 2. The number of aliphatic hydroxyl groups excluding tert-OH is 1. The van der Waals surface area contributed by atoms with Crippen molar-refractivity contribution in [2.45, 2.75) is 76.6 Å². The van der Waals surface area contributed by atoms with Crippen molar-refractivity contribution < 1.29 is 28.3 Å². The predicted molar refractivity (Wildman–Crippen MR) is 177 cm³/mol. The van der Waals surface area contributed by atoms with E-state index in [4.69, 9.17) is 5.73 Å². The maximum atomic E-state index is 14.3. The summed E-state index contributed by atoms with van der Waals surface area (Å²) in [5, 5.41) is 14.4. The number of nitrogens with one attached hydrogen (secondary N) is 1. The molecule has 0 aliphatic rings. The molecule has 10 heteroatoms. The van der Waals surface area contributed by atoms with Crippen molar-refractivity contribution in [3.8, 4) is 0 Å². The smallest absolute Gasteiger partial charge is 0.246 e. The second-order valence-corrected chi connectivity index (χ2v) is 12.0. The summed E-state index contributed by atoms with van der Waals surface area (Å²) in [6.45, 7) is 5.42. The summed E-state index contributed by atoms with van der Waals surface area (Å²) in [5.74, 6) is -3.62. The number of hydrogen-bond acceptors (Lipinski definition) is 5. The van der Waals surface area contributed by atoms with Crippen molar-refractivity contribution in [2.75, 3.05) is 20.6 Å². The zero-order chi connectivity index (χ0) is 34.0. The highest BCUT2D eigenvalue weighted by Crippen LogP contribution is 2.21. The van der Waals surface area contributed by atoms with Crippen molar-refractivity contribution in [3.63, 3.8) is 0 Å². The van der Waals surface area contributed by atoms with E-state index in [1.165, 1.54) is 43.0 Å². The van der Waals surface area contributed by atoms with Crippen molar-refractivity contribution >= 4 is 28.5 Å². The highest BCUT2D eigenvalue weighted by molar-refractivity contribution is 5.95. The monoisotopic (exact) mass is 636 g/mol. The highest BCUT2D eigenvalue weighted by Gasteiger charge is 2.35. The van der Waals surface area contributed by atoms with E-state index in [0.717, 1.165) is 41.3 Å². The van der Waals surface area contributed by atoms with Crippen LogP contribution in [0.3, 0.4) is 0 Å². The zero-order valence-corrected chi connectivity index (χ0v) is 27.3. The van der Waals surface area contributed by atoms with Gasteiger partial charge in [0.25, 0.3) is 0 Å². The second kappa shape index (κ2) is 16.4. The third kappa shape index (κ3) is 9.67. The van der Waals surface area contributed by atoms with Crippen LogP contribution in [-0.4, -0.2) is 77.0 Å². The molecule has 0 saturated heterocycles. The first-order valence-corrected chi connectivity index (χ1v) is 15.6. The van der Waals surface area contributed by atoms with Crippen LogP contribution in [0.25, 0.3) is 10.8 Å². The summed E-state index contributed by atoms with van der Waals surface area (Å²) >= 11 is 0. The normalized spacial score (nSPS) is 13.8. The Morgan fingerprint density at radius 2 is 1.50 bits per heavy atom. The minimum Gasteiger partial charge on any atom is -0.392 e. The lowest BCUT2D eigenvalue weighted by Gasteiger charge is -2.34. The molecule has 3 atom stereocenters. The molecule has 0 aliphatic heterocycles. The van der Waals surface area contributed by atoms with Gasteiger partial charge in [-0.15, -0.1) is 0 Å². The number of fused-ring (bicyclic) bond motifs is 1. The molecule has 4 N–H and O–H groups in total. The largest absolute Gasteiger partial charge is 0.392 e. The summed E-state index contributed by atoms with van der Waals surface area (Å²) in [6.07, 6.45) is 4.29. The maximum Gasteiger partial charge on any atom is 0.246 e. The van der Waals surface area contributed by atoms with Crippen LogP contribution in [0.4, 0.5) is 8.78 Å².